The van der Waals surface area contributed by atoms with Crippen LogP contribution in [0.4, 0.5) is 0 Å². The molecule has 0 aliphatic heterocycles. The predicted octanol–water partition coefficient (Wildman–Crippen LogP) is 1.79. The number of hydrogen-bond acceptors (Lipinski definition) is 1. The highest BCUT2D eigenvalue weighted by atomic mass is 16.1. The van der Waals surface area contributed by atoms with Gasteiger partial charge >= 0.3 is 0 Å². The molecule has 1 rings (SSSR count). The number of amides is 1. The molecule has 0 heterocycles. The lowest BCUT2D eigenvalue weighted by molar-refractivity contribution is -0.118. The largest absolute Gasteiger partial charge is 0.345 e. The van der Waals surface area contributed by atoms with Crippen LogP contribution in [-0.4, -0.2) is 12.5 Å². The number of nitrogens with one attached hydrogen (secondary N) is 1. The lowest BCUT2D eigenvalue weighted by atomic mass is 10.1. The van der Waals surface area contributed by atoms with Gasteiger partial charge < -0.3 is 5.32 Å². The molecule has 0 spiro atoms. The summed E-state index contributed by atoms with van der Waals surface area (Å²) in [6, 6.07) is 6.18. The van der Waals surface area contributed by atoms with E-state index in [1.807, 2.05) is 26.0 Å². The van der Waals surface area contributed by atoms with Crippen LogP contribution in [0.3, 0.4) is 0 Å². The van der Waals surface area contributed by atoms with Crippen molar-refractivity contribution in [2.24, 2.45) is 0 Å². The van der Waals surface area contributed by atoms with Gasteiger partial charge in [-0.1, -0.05) is 17.9 Å². The van der Waals surface area contributed by atoms with E-state index in [0.29, 0.717) is 6.54 Å². The minimum atomic E-state index is -0.0512. The minimum Gasteiger partial charge on any atom is -0.345 e. The molecule has 0 aliphatic carbocycles. The molecule has 0 saturated heterocycles. The maximum absolute atomic E-state index is 10.6. The van der Waals surface area contributed by atoms with Gasteiger partial charge in [-0.05, 0) is 37.1 Å². The number of aryl methyl sites for hydroxylation is 2. The maximum atomic E-state index is 10.6. The van der Waals surface area contributed by atoms with Gasteiger partial charge in [0.05, 0.1) is 6.54 Å². The van der Waals surface area contributed by atoms with Crippen LogP contribution in [-0.2, 0) is 4.79 Å². The van der Waals surface area contributed by atoms with Crippen molar-refractivity contribution in [1.29, 1.82) is 0 Å². The van der Waals surface area contributed by atoms with Crippen molar-refractivity contribution < 1.29 is 4.79 Å². The molecule has 1 N–H and O–H groups in total. The van der Waals surface area contributed by atoms with Crippen LogP contribution in [0.25, 0.3) is 0 Å². The first-order valence-electron chi connectivity index (χ1n) is 4.89. The second kappa shape index (κ2) is 5.21. The summed E-state index contributed by atoms with van der Waals surface area (Å²) in [5.41, 5.74) is 3.41. The molecular weight excluding hydrogens is 186 g/mol. The lowest BCUT2D eigenvalue weighted by Crippen LogP contribution is -2.19. The summed E-state index contributed by atoms with van der Waals surface area (Å²) in [4.78, 5) is 10.6. The molecule has 0 aromatic heterocycles. The van der Waals surface area contributed by atoms with Crippen LogP contribution in [0.1, 0.15) is 23.6 Å². The van der Waals surface area contributed by atoms with Gasteiger partial charge in [0.1, 0.15) is 0 Å². The van der Waals surface area contributed by atoms with Gasteiger partial charge in [-0.3, -0.25) is 4.79 Å². The van der Waals surface area contributed by atoms with Gasteiger partial charge in [0.25, 0.3) is 0 Å². The average molecular weight is 201 g/mol. The molecule has 0 fully saturated rings. The normalized spacial score (nSPS) is 9.00. The van der Waals surface area contributed by atoms with Crippen molar-refractivity contribution >= 4 is 5.91 Å². The number of carbonyl (C=O) groups is 1. The number of rotatable bonds is 1. The Labute approximate surface area is 90.7 Å². The summed E-state index contributed by atoms with van der Waals surface area (Å²) < 4.78 is 0. The van der Waals surface area contributed by atoms with Gasteiger partial charge in [0.2, 0.25) is 5.91 Å². The first-order chi connectivity index (χ1) is 7.08. The number of carbonyl (C=O) groups excluding carboxylic acids is 1. The topological polar surface area (TPSA) is 29.1 Å². The van der Waals surface area contributed by atoms with Crippen molar-refractivity contribution in [2.45, 2.75) is 20.8 Å². The van der Waals surface area contributed by atoms with E-state index in [0.717, 1.165) is 5.56 Å². The third kappa shape index (κ3) is 4.33. The zero-order chi connectivity index (χ0) is 11.3. The van der Waals surface area contributed by atoms with Crippen molar-refractivity contribution in [3.05, 3.63) is 34.9 Å². The molecule has 1 amide bonds. The monoisotopic (exact) mass is 201 g/mol. The second-order valence-corrected chi connectivity index (χ2v) is 3.59. The van der Waals surface area contributed by atoms with Crippen molar-refractivity contribution in [1.82, 2.24) is 5.32 Å². The molecule has 1 aromatic carbocycles. The highest BCUT2D eigenvalue weighted by Gasteiger charge is 1.91. The van der Waals surface area contributed by atoms with Crippen LogP contribution in [0.15, 0.2) is 18.2 Å². The third-order valence-electron chi connectivity index (χ3n) is 1.88. The van der Waals surface area contributed by atoms with E-state index in [-0.39, 0.29) is 5.91 Å². The second-order valence-electron chi connectivity index (χ2n) is 3.59. The molecule has 1 aromatic rings. The van der Waals surface area contributed by atoms with Crippen LogP contribution in [0.2, 0.25) is 0 Å². The molecular formula is C13H15NO. The summed E-state index contributed by atoms with van der Waals surface area (Å²) in [5, 5.41) is 2.63. The molecule has 2 heteroatoms. The minimum absolute atomic E-state index is 0.0512. The van der Waals surface area contributed by atoms with Crippen molar-refractivity contribution in [3.8, 4) is 11.8 Å². The van der Waals surface area contributed by atoms with E-state index in [1.165, 1.54) is 18.1 Å². The molecule has 0 unspecified atom stereocenters. The zero-order valence-corrected chi connectivity index (χ0v) is 9.35. The van der Waals surface area contributed by atoms with Crippen LogP contribution in [0.5, 0.6) is 0 Å². The average Bonchev–Trinajstić information content (AvgIpc) is 2.10. The van der Waals surface area contributed by atoms with E-state index < -0.39 is 0 Å². The Morgan fingerprint density at radius 1 is 1.27 bits per heavy atom. The molecule has 78 valence electrons. The molecule has 0 saturated carbocycles. The summed E-state index contributed by atoms with van der Waals surface area (Å²) in [6.07, 6.45) is 0. The Morgan fingerprint density at radius 3 is 2.40 bits per heavy atom. The van der Waals surface area contributed by atoms with E-state index in [9.17, 15) is 4.79 Å². The standard InChI is InChI=1S/C13H15NO/c1-10-7-11(2)9-13(8-10)5-4-6-14-12(3)15/h7-9H,6H2,1-3H3,(H,14,15). The van der Waals surface area contributed by atoms with Gasteiger partial charge in [-0.15, -0.1) is 0 Å². The summed E-state index contributed by atoms with van der Waals surface area (Å²) in [7, 11) is 0. The Kier molecular flexibility index (Phi) is 3.93. The summed E-state index contributed by atoms with van der Waals surface area (Å²) in [6.45, 7) is 5.98. The summed E-state index contributed by atoms with van der Waals surface area (Å²) >= 11 is 0. The Balaban J connectivity index is 2.67. The highest BCUT2D eigenvalue weighted by Crippen LogP contribution is 2.07. The van der Waals surface area contributed by atoms with E-state index >= 15 is 0 Å². The number of hydrogen-bond donors (Lipinski definition) is 1. The van der Waals surface area contributed by atoms with E-state index in [2.05, 4.69) is 23.2 Å². The number of benzene rings is 1. The van der Waals surface area contributed by atoms with Gasteiger partial charge in [0.15, 0.2) is 0 Å². The molecule has 0 bridgehead atoms. The Hall–Kier alpha value is -1.75. The Morgan fingerprint density at radius 2 is 1.87 bits per heavy atom. The molecule has 0 radical (unpaired) electrons. The predicted molar refractivity (Wildman–Crippen MR) is 61.5 cm³/mol. The fourth-order valence-electron chi connectivity index (χ4n) is 1.36. The Bertz CT molecular complexity index is 404. The zero-order valence-electron chi connectivity index (χ0n) is 9.35. The van der Waals surface area contributed by atoms with Gasteiger partial charge in [0, 0.05) is 12.5 Å². The maximum Gasteiger partial charge on any atom is 0.217 e. The molecule has 0 aliphatic rings. The smallest absolute Gasteiger partial charge is 0.217 e. The quantitative estimate of drug-likeness (QED) is 0.690. The van der Waals surface area contributed by atoms with Crippen molar-refractivity contribution in [3.63, 3.8) is 0 Å². The lowest BCUT2D eigenvalue weighted by Gasteiger charge is -1.97. The first-order valence-corrected chi connectivity index (χ1v) is 4.89. The SMILES string of the molecule is CC(=O)NCC#Cc1cc(C)cc(C)c1. The van der Waals surface area contributed by atoms with Gasteiger partial charge in [-0.25, -0.2) is 0 Å². The van der Waals surface area contributed by atoms with Crippen LogP contribution < -0.4 is 5.32 Å². The summed E-state index contributed by atoms with van der Waals surface area (Å²) in [5.74, 6) is 5.87. The van der Waals surface area contributed by atoms with Crippen molar-refractivity contribution in [2.75, 3.05) is 6.54 Å². The van der Waals surface area contributed by atoms with Gasteiger partial charge in [-0.2, -0.15) is 0 Å². The molecule has 15 heavy (non-hydrogen) atoms. The van der Waals surface area contributed by atoms with Crippen LogP contribution >= 0.6 is 0 Å². The fraction of sp³-hybridized carbons (Fsp3) is 0.308. The fourth-order valence-corrected chi connectivity index (χ4v) is 1.36. The molecule has 2 nitrogen and oxygen atoms in total. The third-order valence-corrected chi connectivity index (χ3v) is 1.88. The highest BCUT2D eigenvalue weighted by molar-refractivity contribution is 5.73. The molecule has 0 atom stereocenters. The van der Waals surface area contributed by atoms with Crippen LogP contribution in [0, 0.1) is 25.7 Å². The van der Waals surface area contributed by atoms with E-state index in [4.69, 9.17) is 0 Å². The van der Waals surface area contributed by atoms with E-state index in [1.54, 1.807) is 0 Å². The first kappa shape index (κ1) is 11.3.